The summed E-state index contributed by atoms with van der Waals surface area (Å²) in [6.07, 6.45) is 1.89. The summed E-state index contributed by atoms with van der Waals surface area (Å²) in [6.45, 7) is 9.56. The summed E-state index contributed by atoms with van der Waals surface area (Å²) in [4.78, 5) is 13.4. The van der Waals surface area contributed by atoms with Crippen molar-refractivity contribution in [3.8, 4) is 5.88 Å². The molecule has 0 atom stereocenters. The van der Waals surface area contributed by atoms with Gasteiger partial charge in [0.1, 0.15) is 0 Å². The Labute approximate surface area is 114 Å². The van der Waals surface area contributed by atoms with Crippen LogP contribution in [0, 0.1) is 0 Å². The van der Waals surface area contributed by atoms with Crippen molar-refractivity contribution in [2.24, 2.45) is 5.73 Å². The van der Waals surface area contributed by atoms with E-state index >= 15 is 0 Å². The average molecular weight is 265 g/mol. The van der Waals surface area contributed by atoms with Crippen LogP contribution in [0.15, 0.2) is 12.3 Å². The maximum absolute atomic E-state index is 5.60. The molecule has 6 nitrogen and oxygen atoms in total. The smallest absolute Gasteiger partial charge is 0.228 e. The lowest BCUT2D eigenvalue weighted by Gasteiger charge is -2.34. The third-order valence-electron chi connectivity index (χ3n) is 3.07. The molecule has 0 unspecified atom stereocenters. The predicted molar refractivity (Wildman–Crippen MR) is 75.5 cm³/mol. The van der Waals surface area contributed by atoms with Gasteiger partial charge in [0.25, 0.3) is 0 Å². The summed E-state index contributed by atoms with van der Waals surface area (Å²) in [5.41, 5.74) is 5.57. The summed E-state index contributed by atoms with van der Waals surface area (Å²) in [6, 6.07) is 1.80. The summed E-state index contributed by atoms with van der Waals surface area (Å²) < 4.78 is 5.60. The van der Waals surface area contributed by atoms with Crippen LogP contribution in [0.2, 0.25) is 0 Å². The topological polar surface area (TPSA) is 67.5 Å². The molecule has 2 N–H and O–H groups in total. The molecule has 1 saturated heterocycles. The second kappa shape index (κ2) is 6.68. The minimum atomic E-state index is 0.129. The van der Waals surface area contributed by atoms with E-state index in [2.05, 4.69) is 19.8 Å². The molecule has 19 heavy (non-hydrogen) atoms. The van der Waals surface area contributed by atoms with Crippen LogP contribution in [-0.2, 0) is 0 Å². The lowest BCUT2D eigenvalue weighted by atomic mass is 10.3. The third kappa shape index (κ3) is 4.04. The number of piperazine rings is 1. The number of hydrogen-bond donors (Lipinski definition) is 1. The van der Waals surface area contributed by atoms with E-state index < -0.39 is 0 Å². The molecule has 0 aromatic carbocycles. The van der Waals surface area contributed by atoms with Crippen molar-refractivity contribution in [1.82, 2.24) is 14.9 Å². The standard InChI is InChI=1S/C13H23N5O/c1-11(2)19-12-3-5-15-13(16-12)18-9-7-17(6-4-14)8-10-18/h3,5,11H,4,6-10,14H2,1-2H3. The zero-order valence-corrected chi connectivity index (χ0v) is 11.7. The second-order valence-corrected chi connectivity index (χ2v) is 4.98. The Morgan fingerprint density at radius 1 is 1.32 bits per heavy atom. The molecule has 2 rings (SSSR count). The van der Waals surface area contributed by atoms with Crippen LogP contribution in [-0.4, -0.2) is 60.2 Å². The van der Waals surface area contributed by atoms with E-state index in [9.17, 15) is 0 Å². The number of hydrogen-bond acceptors (Lipinski definition) is 6. The van der Waals surface area contributed by atoms with Crippen molar-refractivity contribution in [2.75, 3.05) is 44.2 Å². The normalized spacial score (nSPS) is 16.9. The quantitative estimate of drug-likeness (QED) is 0.828. The molecule has 1 aromatic rings. The van der Waals surface area contributed by atoms with E-state index in [1.165, 1.54) is 0 Å². The molecule has 0 bridgehead atoms. The van der Waals surface area contributed by atoms with Crippen LogP contribution in [0.3, 0.4) is 0 Å². The molecule has 106 valence electrons. The molecule has 1 aromatic heterocycles. The SMILES string of the molecule is CC(C)Oc1ccnc(N2CCN(CCN)CC2)n1. The van der Waals surface area contributed by atoms with Gasteiger partial charge in [0, 0.05) is 51.5 Å². The van der Waals surface area contributed by atoms with E-state index in [1.54, 1.807) is 12.3 Å². The average Bonchev–Trinajstić information content (AvgIpc) is 2.39. The van der Waals surface area contributed by atoms with Crippen molar-refractivity contribution in [3.05, 3.63) is 12.3 Å². The Bertz CT molecular complexity index is 390. The molecular formula is C13H23N5O. The highest BCUT2D eigenvalue weighted by atomic mass is 16.5. The van der Waals surface area contributed by atoms with Gasteiger partial charge >= 0.3 is 0 Å². The molecule has 0 radical (unpaired) electrons. The monoisotopic (exact) mass is 265 g/mol. The van der Waals surface area contributed by atoms with Gasteiger partial charge in [0.15, 0.2) is 0 Å². The van der Waals surface area contributed by atoms with Crippen molar-refractivity contribution >= 4 is 5.95 Å². The lowest BCUT2D eigenvalue weighted by molar-refractivity contribution is 0.231. The van der Waals surface area contributed by atoms with Crippen LogP contribution in [0.4, 0.5) is 5.95 Å². The number of aromatic nitrogens is 2. The predicted octanol–water partition coefficient (Wildman–Crippen LogP) is 0.345. The highest BCUT2D eigenvalue weighted by Gasteiger charge is 2.18. The Hall–Kier alpha value is -1.40. The first-order valence-electron chi connectivity index (χ1n) is 6.86. The first kappa shape index (κ1) is 14.0. The van der Waals surface area contributed by atoms with Crippen molar-refractivity contribution in [1.29, 1.82) is 0 Å². The lowest BCUT2D eigenvalue weighted by Crippen LogP contribution is -2.48. The maximum atomic E-state index is 5.60. The minimum Gasteiger partial charge on any atom is -0.475 e. The first-order valence-corrected chi connectivity index (χ1v) is 6.86. The molecule has 1 aliphatic rings. The van der Waals surface area contributed by atoms with E-state index in [0.717, 1.165) is 38.7 Å². The Morgan fingerprint density at radius 2 is 2.05 bits per heavy atom. The molecule has 6 heteroatoms. The van der Waals surface area contributed by atoms with Crippen LogP contribution >= 0.6 is 0 Å². The number of anilines is 1. The Kier molecular flexibility index (Phi) is 4.93. The fraction of sp³-hybridized carbons (Fsp3) is 0.692. The Balaban J connectivity index is 1.95. The van der Waals surface area contributed by atoms with E-state index in [4.69, 9.17) is 10.5 Å². The van der Waals surface area contributed by atoms with Gasteiger partial charge in [-0.15, -0.1) is 0 Å². The van der Waals surface area contributed by atoms with Gasteiger partial charge in [-0.25, -0.2) is 4.98 Å². The largest absolute Gasteiger partial charge is 0.475 e. The zero-order valence-electron chi connectivity index (χ0n) is 11.7. The minimum absolute atomic E-state index is 0.129. The summed E-state index contributed by atoms with van der Waals surface area (Å²) in [7, 11) is 0. The molecule has 0 spiro atoms. The van der Waals surface area contributed by atoms with Crippen molar-refractivity contribution in [2.45, 2.75) is 20.0 Å². The van der Waals surface area contributed by atoms with Gasteiger partial charge in [-0.3, -0.25) is 4.90 Å². The number of ether oxygens (including phenoxy) is 1. The maximum Gasteiger partial charge on any atom is 0.228 e. The van der Waals surface area contributed by atoms with Crippen molar-refractivity contribution < 1.29 is 4.74 Å². The van der Waals surface area contributed by atoms with Gasteiger partial charge in [-0.2, -0.15) is 4.98 Å². The number of nitrogens with two attached hydrogens (primary N) is 1. The second-order valence-electron chi connectivity index (χ2n) is 4.98. The summed E-state index contributed by atoms with van der Waals surface area (Å²) in [5.74, 6) is 1.40. The van der Waals surface area contributed by atoms with Gasteiger partial charge in [0.05, 0.1) is 6.10 Å². The van der Waals surface area contributed by atoms with Gasteiger partial charge in [0.2, 0.25) is 11.8 Å². The number of nitrogens with zero attached hydrogens (tertiary/aromatic N) is 4. The molecule has 2 heterocycles. The molecular weight excluding hydrogens is 242 g/mol. The van der Waals surface area contributed by atoms with E-state index in [-0.39, 0.29) is 6.10 Å². The van der Waals surface area contributed by atoms with Crippen LogP contribution < -0.4 is 15.4 Å². The Morgan fingerprint density at radius 3 is 2.68 bits per heavy atom. The highest BCUT2D eigenvalue weighted by Crippen LogP contribution is 2.15. The molecule has 0 amide bonds. The molecule has 0 aliphatic carbocycles. The van der Waals surface area contributed by atoms with Gasteiger partial charge in [-0.1, -0.05) is 0 Å². The van der Waals surface area contributed by atoms with Crippen molar-refractivity contribution in [3.63, 3.8) is 0 Å². The van der Waals surface area contributed by atoms with E-state index in [0.29, 0.717) is 12.4 Å². The number of rotatable bonds is 5. The highest BCUT2D eigenvalue weighted by molar-refractivity contribution is 5.32. The van der Waals surface area contributed by atoms with Crippen LogP contribution in [0.1, 0.15) is 13.8 Å². The molecule has 1 aliphatic heterocycles. The van der Waals surface area contributed by atoms with Gasteiger partial charge in [-0.05, 0) is 13.8 Å². The first-order chi connectivity index (χ1) is 9.19. The molecule has 1 fully saturated rings. The fourth-order valence-electron chi connectivity index (χ4n) is 2.15. The van der Waals surface area contributed by atoms with Crippen LogP contribution in [0.25, 0.3) is 0 Å². The molecule has 0 saturated carbocycles. The fourth-order valence-corrected chi connectivity index (χ4v) is 2.15. The van der Waals surface area contributed by atoms with Gasteiger partial charge < -0.3 is 15.4 Å². The zero-order chi connectivity index (χ0) is 13.7. The third-order valence-corrected chi connectivity index (χ3v) is 3.07. The van der Waals surface area contributed by atoms with E-state index in [1.807, 2.05) is 13.8 Å². The summed E-state index contributed by atoms with van der Waals surface area (Å²) in [5, 5.41) is 0. The summed E-state index contributed by atoms with van der Waals surface area (Å²) >= 11 is 0. The van der Waals surface area contributed by atoms with Crippen LogP contribution in [0.5, 0.6) is 5.88 Å².